The monoisotopic (exact) mass is 555 g/mol. The van der Waals surface area contributed by atoms with Gasteiger partial charge in [0.15, 0.2) is 11.0 Å². The van der Waals surface area contributed by atoms with Gasteiger partial charge >= 0.3 is 0 Å². The van der Waals surface area contributed by atoms with Gasteiger partial charge in [0.05, 0.1) is 15.9 Å². The van der Waals surface area contributed by atoms with Crippen molar-refractivity contribution in [3.05, 3.63) is 105 Å². The molecule has 9 nitrogen and oxygen atoms in total. The fourth-order valence-corrected chi connectivity index (χ4v) is 6.85. The smallest absolute Gasteiger partial charge is 0.269 e. The predicted octanol–water partition coefficient (Wildman–Crippen LogP) is 5.57. The molecule has 198 valence electrons. The Balaban J connectivity index is 1.70. The van der Waals surface area contributed by atoms with Gasteiger partial charge in [0.25, 0.3) is 5.69 Å². The number of nitrogens with zero attached hydrogens (tertiary/aromatic N) is 4. The van der Waals surface area contributed by atoms with Gasteiger partial charge in [-0.2, -0.15) is 0 Å². The Morgan fingerprint density at radius 3 is 2.21 bits per heavy atom. The average Bonchev–Trinajstić information content (AvgIpc) is 3.27. The lowest BCUT2D eigenvalue weighted by molar-refractivity contribution is -0.384. The van der Waals surface area contributed by atoms with Crippen LogP contribution >= 0.6 is 11.8 Å². The summed E-state index contributed by atoms with van der Waals surface area (Å²) in [5.74, 6) is 0.425. The van der Waals surface area contributed by atoms with Gasteiger partial charge in [-0.05, 0) is 68.7 Å². The summed E-state index contributed by atoms with van der Waals surface area (Å²) in [7, 11) is -3.92. The maximum atomic E-state index is 13.4. The van der Waals surface area contributed by atoms with Crippen LogP contribution in [0.15, 0.2) is 70.7 Å². The molecule has 1 atom stereocenters. The highest BCUT2D eigenvalue weighted by atomic mass is 32.2. The van der Waals surface area contributed by atoms with Crippen molar-refractivity contribution in [3.63, 3.8) is 0 Å². The molecule has 12 heteroatoms. The van der Waals surface area contributed by atoms with Crippen molar-refractivity contribution in [1.29, 1.82) is 0 Å². The number of thioether (sulfide) groups is 1. The van der Waals surface area contributed by atoms with Crippen molar-refractivity contribution >= 4 is 27.5 Å². The number of benzene rings is 3. The molecule has 0 radical (unpaired) electrons. The third kappa shape index (κ3) is 5.93. The van der Waals surface area contributed by atoms with Crippen molar-refractivity contribution in [2.45, 2.75) is 49.5 Å². The molecule has 4 rings (SSSR count). The molecule has 1 N–H and O–H groups in total. The van der Waals surface area contributed by atoms with Crippen LogP contribution in [0.2, 0.25) is 0 Å². The Bertz CT molecular complexity index is 1560. The molecular formula is C26H26FN5O4S2. The van der Waals surface area contributed by atoms with Crippen LogP contribution in [-0.4, -0.2) is 28.1 Å². The number of nitrogens with one attached hydrogen (secondary N) is 1. The number of rotatable bonds is 9. The average molecular weight is 556 g/mol. The number of aromatic nitrogens is 3. The van der Waals surface area contributed by atoms with Gasteiger partial charge < -0.3 is 0 Å². The lowest BCUT2D eigenvalue weighted by atomic mass is 10.1. The van der Waals surface area contributed by atoms with E-state index in [0.29, 0.717) is 33.5 Å². The molecule has 3 aromatic carbocycles. The molecule has 1 unspecified atom stereocenters. The van der Waals surface area contributed by atoms with Crippen LogP contribution in [0, 0.1) is 36.7 Å². The molecule has 0 amide bonds. The van der Waals surface area contributed by atoms with Crippen LogP contribution in [0.3, 0.4) is 0 Å². The van der Waals surface area contributed by atoms with Crippen LogP contribution in [0.25, 0.3) is 5.69 Å². The number of nitro groups is 1. The SMILES string of the molecule is Cc1cc(C)c(S(=O)(=O)NC(C)c2nnc(SCc3ccc(F)cc3)n2-c2ccc([N+](=O)[O-])cc2)c(C)c1. The van der Waals surface area contributed by atoms with Crippen LogP contribution < -0.4 is 4.72 Å². The summed E-state index contributed by atoms with van der Waals surface area (Å²) >= 11 is 1.33. The van der Waals surface area contributed by atoms with Crippen LogP contribution in [-0.2, 0) is 15.8 Å². The van der Waals surface area contributed by atoms with E-state index in [9.17, 15) is 22.9 Å². The maximum Gasteiger partial charge on any atom is 0.269 e. The number of non-ortho nitro benzene ring substituents is 1. The second-order valence-corrected chi connectivity index (χ2v) is 11.5. The molecule has 0 spiro atoms. The minimum Gasteiger partial charge on any atom is -0.273 e. The third-order valence-electron chi connectivity index (χ3n) is 5.85. The first-order chi connectivity index (χ1) is 18.0. The minimum absolute atomic E-state index is 0.0806. The predicted molar refractivity (Wildman–Crippen MR) is 143 cm³/mol. The molecule has 1 heterocycles. The van der Waals surface area contributed by atoms with E-state index in [-0.39, 0.29) is 16.4 Å². The van der Waals surface area contributed by atoms with E-state index >= 15 is 0 Å². The van der Waals surface area contributed by atoms with Crippen LogP contribution in [0.5, 0.6) is 0 Å². The molecule has 0 aliphatic heterocycles. The van der Waals surface area contributed by atoms with Gasteiger partial charge in [-0.3, -0.25) is 14.7 Å². The molecular weight excluding hydrogens is 529 g/mol. The number of sulfonamides is 1. The molecule has 0 fully saturated rings. The van der Waals surface area contributed by atoms with Crippen molar-refractivity contribution in [2.24, 2.45) is 0 Å². The molecule has 0 aliphatic rings. The van der Waals surface area contributed by atoms with E-state index in [4.69, 9.17) is 0 Å². The van der Waals surface area contributed by atoms with E-state index in [1.165, 1.54) is 36.0 Å². The zero-order chi connectivity index (χ0) is 27.6. The van der Waals surface area contributed by atoms with Crippen molar-refractivity contribution < 1.29 is 17.7 Å². The fourth-order valence-electron chi connectivity index (χ4n) is 4.28. The van der Waals surface area contributed by atoms with Crippen LogP contribution in [0.1, 0.15) is 41.0 Å². The summed E-state index contributed by atoms with van der Waals surface area (Å²) in [6, 6.07) is 14.8. The van der Waals surface area contributed by atoms with Gasteiger partial charge in [-0.1, -0.05) is 41.6 Å². The number of nitro benzene ring substituents is 1. The summed E-state index contributed by atoms with van der Waals surface area (Å²) in [6.07, 6.45) is 0. The molecule has 0 saturated carbocycles. The molecule has 4 aromatic rings. The normalized spacial score (nSPS) is 12.4. The standard InChI is InChI=1S/C26H26FN5O4S2/c1-16-13-17(2)24(18(3)14-16)38(35,36)30-19(4)25-28-29-26(37-15-20-5-7-21(27)8-6-20)31(25)22-9-11-23(12-10-22)32(33)34/h5-14,19,30H,15H2,1-4H3. The fraction of sp³-hybridized carbons (Fsp3) is 0.231. The Morgan fingerprint density at radius 1 is 1.03 bits per heavy atom. The molecule has 38 heavy (non-hydrogen) atoms. The zero-order valence-corrected chi connectivity index (χ0v) is 22.8. The van der Waals surface area contributed by atoms with Crippen molar-refractivity contribution in [2.75, 3.05) is 0 Å². The number of halogens is 1. The first-order valence-corrected chi connectivity index (χ1v) is 14.1. The lowest BCUT2D eigenvalue weighted by Gasteiger charge is -2.18. The number of hydrogen-bond donors (Lipinski definition) is 1. The van der Waals surface area contributed by atoms with Gasteiger partial charge in [0.2, 0.25) is 10.0 Å². The van der Waals surface area contributed by atoms with Crippen molar-refractivity contribution in [3.8, 4) is 5.69 Å². The quantitative estimate of drug-likeness (QED) is 0.163. The molecule has 0 aliphatic carbocycles. The largest absolute Gasteiger partial charge is 0.273 e. The Kier molecular flexibility index (Phi) is 7.95. The first-order valence-electron chi connectivity index (χ1n) is 11.6. The molecule has 0 saturated heterocycles. The summed E-state index contributed by atoms with van der Waals surface area (Å²) in [5.41, 5.74) is 3.54. The lowest BCUT2D eigenvalue weighted by Crippen LogP contribution is -2.30. The highest BCUT2D eigenvalue weighted by molar-refractivity contribution is 7.98. The maximum absolute atomic E-state index is 13.4. The number of aryl methyl sites for hydroxylation is 3. The second kappa shape index (κ2) is 11.0. The van der Waals surface area contributed by atoms with E-state index in [1.807, 2.05) is 19.1 Å². The zero-order valence-electron chi connectivity index (χ0n) is 21.2. The highest BCUT2D eigenvalue weighted by Crippen LogP contribution is 2.30. The van der Waals surface area contributed by atoms with Gasteiger partial charge in [0.1, 0.15) is 5.82 Å². The van der Waals surface area contributed by atoms with Crippen molar-refractivity contribution in [1.82, 2.24) is 19.5 Å². The summed E-state index contributed by atoms with van der Waals surface area (Å²) in [4.78, 5) is 10.9. The number of hydrogen-bond acceptors (Lipinski definition) is 7. The van der Waals surface area contributed by atoms with E-state index < -0.39 is 21.0 Å². The topological polar surface area (TPSA) is 120 Å². The van der Waals surface area contributed by atoms with E-state index in [0.717, 1.165) is 11.1 Å². The molecule has 0 bridgehead atoms. The van der Waals surface area contributed by atoms with Gasteiger partial charge in [-0.25, -0.2) is 17.5 Å². The Labute approximate surface area is 224 Å². The second-order valence-electron chi connectivity index (χ2n) is 8.94. The summed E-state index contributed by atoms with van der Waals surface area (Å²) in [6.45, 7) is 7.08. The van der Waals surface area contributed by atoms with Gasteiger partial charge in [-0.15, -0.1) is 10.2 Å². The highest BCUT2D eigenvalue weighted by Gasteiger charge is 2.27. The first kappa shape index (κ1) is 27.4. The molecule has 1 aromatic heterocycles. The summed E-state index contributed by atoms with van der Waals surface area (Å²) in [5, 5.41) is 20.2. The van der Waals surface area contributed by atoms with E-state index in [2.05, 4.69) is 14.9 Å². The third-order valence-corrected chi connectivity index (χ3v) is 8.70. The minimum atomic E-state index is -3.92. The Hall–Kier alpha value is -3.61. The Morgan fingerprint density at radius 2 is 1.63 bits per heavy atom. The van der Waals surface area contributed by atoms with Crippen LogP contribution in [0.4, 0.5) is 10.1 Å². The van der Waals surface area contributed by atoms with E-state index in [1.54, 1.807) is 49.6 Å². The summed E-state index contributed by atoms with van der Waals surface area (Å²) < 4.78 is 44.5. The van der Waals surface area contributed by atoms with Gasteiger partial charge in [0, 0.05) is 23.6 Å².